The lowest BCUT2D eigenvalue weighted by Gasteiger charge is -2.15. The van der Waals surface area contributed by atoms with Gasteiger partial charge in [0.1, 0.15) is 0 Å². The summed E-state index contributed by atoms with van der Waals surface area (Å²) in [5, 5.41) is 6.18. The highest BCUT2D eigenvalue weighted by Gasteiger charge is 2.08. The van der Waals surface area contributed by atoms with Crippen LogP contribution in [0.3, 0.4) is 0 Å². The van der Waals surface area contributed by atoms with Gasteiger partial charge in [-0.05, 0) is 36.2 Å². The van der Waals surface area contributed by atoms with E-state index in [4.69, 9.17) is 12.2 Å². The number of rotatable bonds is 5. The smallest absolute Gasteiger partial charge is 0.226 e. The zero-order chi connectivity index (χ0) is 14.3. The van der Waals surface area contributed by atoms with E-state index >= 15 is 0 Å². The molecule has 1 aromatic rings. The zero-order valence-corrected chi connectivity index (χ0v) is 12.6. The highest BCUT2D eigenvalue weighted by atomic mass is 32.1. The Kier molecular flexibility index (Phi) is 6.50. The number of anilines is 1. The Morgan fingerprint density at radius 1 is 1.32 bits per heavy atom. The summed E-state index contributed by atoms with van der Waals surface area (Å²) in [6.45, 7) is 6.31. The molecule has 3 nitrogen and oxygen atoms in total. The molecule has 0 saturated carbocycles. The van der Waals surface area contributed by atoms with Crippen LogP contribution < -0.4 is 10.6 Å². The lowest BCUT2D eigenvalue weighted by Crippen LogP contribution is -2.34. The van der Waals surface area contributed by atoms with Crippen LogP contribution in [-0.2, 0) is 4.79 Å². The van der Waals surface area contributed by atoms with Crippen molar-refractivity contribution in [1.82, 2.24) is 5.32 Å². The number of hydrogen-bond donors (Lipinski definition) is 2. The summed E-state index contributed by atoms with van der Waals surface area (Å²) in [4.78, 5) is 11.6. The molecule has 104 valence electrons. The number of carbonyl (C=O) groups is 1. The fourth-order valence-corrected chi connectivity index (χ4v) is 2.02. The molecule has 0 atom stereocenters. The van der Waals surface area contributed by atoms with Gasteiger partial charge in [0.2, 0.25) is 5.91 Å². The molecule has 0 radical (unpaired) electrons. The highest BCUT2D eigenvalue weighted by molar-refractivity contribution is 7.80. The van der Waals surface area contributed by atoms with Gasteiger partial charge in [0.15, 0.2) is 5.11 Å². The van der Waals surface area contributed by atoms with E-state index in [0.29, 0.717) is 17.5 Å². The molecule has 2 N–H and O–H groups in total. The van der Waals surface area contributed by atoms with Gasteiger partial charge in [-0.2, -0.15) is 0 Å². The first-order valence-corrected chi connectivity index (χ1v) is 7.15. The molecule has 0 fully saturated rings. The van der Waals surface area contributed by atoms with Crippen molar-refractivity contribution in [2.75, 3.05) is 5.32 Å². The Hall–Kier alpha value is -1.42. The molecule has 0 spiro atoms. The van der Waals surface area contributed by atoms with Crippen molar-refractivity contribution in [2.24, 2.45) is 0 Å². The Balaban J connectivity index is 2.60. The van der Waals surface area contributed by atoms with Crippen LogP contribution in [0.5, 0.6) is 0 Å². The third-order valence-corrected chi connectivity index (χ3v) is 3.05. The summed E-state index contributed by atoms with van der Waals surface area (Å²) >= 11 is 5.17. The monoisotopic (exact) mass is 278 g/mol. The van der Waals surface area contributed by atoms with Crippen LogP contribution in [0, 0.1) is 0 Å². The molecule has 0 aliphatic rings. The first-order valence-electron chi connectivity index (χ1n) is 6.74. The van der Waals surface area contributed by atoms with Crippen molar-refractivity contribution in [1.29, 1.82) is 0 Å². The molecule has 19 heavy (non-hydrogen) atoms. The van der Waals surface area contributed by atoms with Crippen molar-refractivity contribution in [3.63, 3.8) is 0 Å². The maximum atomic E-state index is 11.6. The Morgan fingerprint density at radius 2 is 2.00 bits per heavy atom. The zero-order valence-electron chi connectivity index (χ0n) is 11.8. The number of unbranched alkanes of at least 4 members (excludes halogenated alkanes) is 1. The minimum absolute atomic E-state index is 0.0265. The first kappa shape index (κ1) is 15.6. The van der Waals surface area contributed by atoms with Gasteiger partial charge in [-0.3, -0.25) is 4.79 Å². The fourth-order valence-electron chi connectivity index (χ4n) is 1.79. The second kappa shape index (κ2) is 7.89. The van der Waals surface area contributed by atoms with E-state index in [1.807, 2.05) is 18.2 Å². The molecule has 0 saturated heterocycles. The molecule has 1 aromatic carbocycles. The first-order chi connectivity index (χ1) is 9.04. The van der Waals surface area contributed by atoms with E-state index < -0.39 is 0 Å². The molecule has 1 amide bonds. The molecular weight excluding hydrogens is 256 g/mol. The van der Waals surface area contributed by atoms with Gasteiger partial charge in [-0.15, -0.1) is 0 Å². The number of thiocarbonyl (C=S) groups is 1. The molecule has 0 aliphatic heterocycles. The standard InChI is InChI=1S/C15H22N2OS/c1-4-5-10-14(18)17-15(19)16-13-9-7-6-8-12(13)11(2)3/h6-9,11H,4-5,10H2,1-3H3,(H2,16,17,18,19). The quantitative estimate of drug-likeness (QED) is 0.805. The van der Waals surface area contributed by atoms with Gasteiger partial charge in [-0.25, -0.2) is 0 Å². The van der Waals surface area contributed by atoms with E-state index in [9.17, 15) is 4.79 Å². The summed E-state index contributed by atoms with van der Waals surface area (Å²) in [5.74, 6) is 0.378. The van der Waals surface area contributed by atoms with Gasteiger partial charge >= 0.3 is 0 Å². The number of nitrogens with one attached hydrogen (secondary N) is 2. The minimum Gasteiger partial charge on any atom is -0.332 e. The SMILES string of the molecule is CCCCC(=O)NC(=S)Nc1ccccc1C(C)C. The predicted octanol–water partition coefficient (Wildman–Crippen LogP) is 3.81. The lowest BCUT2D eigenvalue weighted by atomic mass is 10.0. The van der Waals surface area contributed by atoms with Crippen LogP contribution in [0.2, 0.25) is 0 Å². The molecule has 1 rings (SSSR count). The summed E-state index contributed by atoms with van der Waals surface area (Å²) in [6, 6.07) is 7.99. The summed E-state index contributed by atoms with van der Waals surface area (Å²) < 4.78 is 0. The second-order valence-electron chi connectivity index (χ2n) is 4.85. The average Bonchev–Trinajstić information content (AvgIpc) is 2.36. The molecule has 0 bridgehead atoms. The Bertz CT molecular complexity index is 444. The van der Waals surface area contributed by atoms with Crippen molar-refractivity contribution in [2.45, 2.75) is 46.0 Å². The minimum atomic E-state index is -0.0265. The van der Waals surface area contributed by atoms with E-state index in [-0.39, 0.29) is 5.91 Å². The maximum Gasteiger partial charge on any atom is 0.226 e. The van der Waals surface area contributed by atoms with E-state index in [2.05, 4.69) is 37.5 Å². The van der Waals surface area contributed by atoms with Crippen molar-refractivity contribution in [3.8, 4) is 0 Å². The molecule has 0 aliphatic carbocycles. The summed E-state index contributed by atoms with van der Waals surface area (Å²) in [5.41, 5.74) is 2.14. The molecule has 0 unspecified atom stereocenters. The third-order valence-electron chi connectivity index (χ3n) is 2.84. The van der Waals surface area contributed by atoms with Crippen LogP contribution in [0.25, 0.3) is 0 Å². The van der Waals surface area contributed by atoms with Crippen LogP contribution >= 0.6 is 12.2 Å². The number of amides is 1. The van der Waals surface area contributed by atoms with Crippen LogP contribution in [0.15, 0.2) is 24.3 Å². The maximum absolute atomic E-state index is 11.6. The molecule has 0 heterocycles. The largest absolute Gasteiger partial charge is 0.332 e. The Labute approximate surface area is 120 Å². The fraction of sp³-hybridized carbons (Fsp3) is 0.467. The lowest BCUT2D eigenvalue weighted by molar-refractivity contribution is -0.119. The second-order valence-corrected chi connectivity index (χ2v) is 5.26. The Morgan fingerprint density at radius 3 is 2.63 bits per heavy atom. The van der Waals surface area contributed by atoms with Gasteiger partial charge in [0.05, 0.1) is 0 Å². The van der Waals surface area contributed by atoms with Crippen molar-refractivity contribution < 1.29 is 4.79 Å². The summed E-state index contributed by atoms with van der Waals surface area (Å²) in [7, 11) is 0. The molecule has 4 heteroatoms. The van der Waals surface area contributed by atoms with Crippen molar-refractivity contribution in [3.05, 3.63) is 29.8 Å². The van der Waals surface area contributed by atoms with Crippen LogP contribution in [0.4, 0.5) is 5.69 Å². The number of carbonyl (C=O) groups excluding carboxylic acids is 1. The van der Waals surface area contributed by atoms with E-state index in [0.717, 1.165) is 18.5 Å². The topological polar surface area (TPSA) is 41.1 Å². The average molecular weight is 278 g/mol. The number of hydrogen-bond acceptors (Lipinski definition) is 2. The normalized spacial score (nSPS) is 10.3. The number of para-hydroxylation sites is 1. The van der Waals surface area contributed by atoms with Gasteiger partial charge < -0.3 is 10.6 Å². The summed E-state index contributed by atoms with van der Waals surface area (Å²) in [6.07, 6.45) is 2.41. The predicted molar refractivity (Wildman–Crippen MR) is 84.4 cm³/mol. The third kappa shape index (κ3) is 5.39. The number of benzene rings is 1. The highest BCUT2D eigenvalue weighted by Crippen LogP contribution is 2.23. The molecule has 0 aromatic heterocycles. The van der Waals surface area contributed by atoms with Gasteiger partial charge in [-0.1, -0.05) is 45.4 Å². The van der Waals surface area contributed by atoms with E-state index in [1.165, 1.54) is 5.56 Å². The van der Waals surface area contributed by atoms with Gasteiger partial charge in [0, 0.05) is 12.1 Å². The van der Waals surface area contributed by atoms with E-state index in [1.54, 1.807) is 0 Å². The molecular formula is C15H22N2OS. The van der Waals surface area contributed by atoms with Crippen molar-refractivity contribution >= 4 is 28.9 Å². The van der Waals surface area contributed by atoms with Crippen LogP contribution in [0.1, 0.15) is 51.5 Å². The van der Waals surface area contributed by atoms with Gasteiger partial charge in [0.25, 0.3) is 0 Å². The van der Waals surface area contributed by atoms with Crippen LogP contribution in [-0.4, -0.2) is 11.0 Å².